The van der Waals surface area contributed by atoms with Crippen molar-refractivity contribution >= 4 is 26.2 Å². The van der Waals surface area contributed by atoms with Gasteiger partial charge in [-0.3, -0.25) is 4.79 Å². The summed E-state index contributed by atoms with van der Waals surface area (Å²) >= 11 is 6.03. The SMILES string of the molecule is CCCCCCCCC=CCCCCCCC(C(=O)OP(O)OCCOCCCC)c1ccc(Cl)cc1. The van der Waals surface area contributed by atoms with Crippen molar-refractivity contribution in [1.29, 1.82) is 0 Å². The standard InChI is InChI=1S/C30H50ClO5P/c1-3-5-7-8-9-10-11-12-13-14-15-16-17-18-19-29(27-20-22-28(31)23-21-27)30(32)36-37(33)35-26-25-34-24-6-4-2/h12-13,20-23,29,33H,3-11,14-19,24-26H2,1-2H3. The maximum absolute atomic E-state index is 12.9. The first-order chi connectivity index (χ1) is 18.1. The summed E-state index contributed by atoms with van der Waals surface area (Å²) in [5, 5.41) is 0.622. The average Bonchev–Trinajstić information content (AvgIpc) is 2.89. The molecule has 0 aromatic heterocycles. The first-order valence-corrected chi connectivity index (χ1v) is 15.9. The highest BCUT2D eigenvalue weighted by Gasteiger charge is 2.25. The van der Waals surface area contributed by atoms with Gasteiger partial charge in [-0.1, -0.05) is 108 Å². The molecular weight excluding hydrogens is 507 g/mol. The van der Waals surface area contributed by atoms with Gasteiger partial charge in [-0.15, -0.1) is 0 Å². The number of rotatable bonds is 24. The van der Waals surface area contributed by atoms with E-state index in [0.29, 0.717) is 24.7 Å². The Morgan fingerprint density at radius 2 is 1.43 bits per heavy atom. The number of ether oxygens (including phenoxy) is 1. The van der Waals surface area contributed by atoms with Crippen molar-refractivity contribution in [3.8, 4) is 0 Å². The van der Waals surface area contributed by atoms with Gasteiger partial charge in [-0.25, -0.2) is 0 Å². The number of halogens is 1. The van der Waals surface area contributed by atoms with Gasteiger partial charge in [0.1, 0.15) is 0 Å². The molecule has 0 aliphatic heterocycles. The molecular formula is C30H50ClO5P. The van der Waals surface area contributed by atoms with E-state index in [1.807, 2.05) is 12.1 Å². The second-order valence-corrected chi connectivity index (χ2v) is 10.9. The molecule has 2 unspecified atom stereocenters. The molecule has 1 aromatic rings. The number of allylic oxidation sites excluding steroid dienone is 2. The number of unbranched alkanes of at least 4 members (excludes halogenated alkanes) is 11. The van der Waals surface area contributed by atoms with Gasteiger partial charge < -0.3 is 18.7 Å². The fraction of sp³-hybridized carbons (Fsp3) is 0.700. The predicted molar refractivity (Wildman–Crippen MR) is 156 cm³/mol. The topological polar surface area (TPSA) is 65.0 Å². The molecule has 0 aliphatic carbocycles. The molecule has 1 N–H and O–H groups in total. The smallest absolute Gasteiger partial charge is 0.394 e. The summed E-state index contributed by atoms with van der Waals surface area (Å²) in [4.78, 5) is 22.9. The van der Waals surface area contributed by atoms with Crippen LogP contribution >= 0.6 is 20.2 Å². The summed E-state index contributed by atoms with van der Waals surface area (Å²) in [5.41, 5.74) is 0.846. The second-order valence-electron chi connectivity index (χ2n) is 9.57. The van der Waals surface area contributed by atoms with Crippen molar-refractivity contribution in [3.05, 3.63) is 47.0 Å². The molecule has 37 heavy (non-hydrogen) atoms. The van der Waals surface area contributed by atoms with Crippen LogP contribution < -0.4 is 0 Å². The van der Waals surface area contributed by atoms with Gasteiger partial charge in [0.25, 0.3) is 0 Å². The van der Waals surface area contributed by atoms with E-state index in [-0.39, 0.29) is 6.61 Å². The van der Waals surface area contributed by atoms with Crippen LogP contribution in [0.15, 0.2) is 36.4 Å². The van der Waals surface area contributed by atoms with Crippen LogP contribution in [0.5, 0.6) is 0 Å². The number of carbonyl (C=O) groups is 1. The third kappa shape index (κ3) is 18.8. The van der Waals surface area contributed by atoms with Gasteiger partial charge in [0, 0.05) is 11.6 Å². The predicted octanol–water partition coefficient (Wildman–Crippen LogP) is 9.67. The highest BCUT2D eigenvalue weighted by Crippen LogP contribution is 2.37. The molecule has 5 nitrogen and oxygen atoms in total. The highest BCUT2D eigenvalue weighted by molar-refractivity contribution is 7.41. The molecule has 0 aliphatic rings. The van der Waals surface area contributed by atoms with Crippen molar-refractivity contribution in [2.75, 3.05) is 19.8 Å². The molecule has 1 rings (SSSR count). The van der Waals surface area contributed by atoms with Crippen LogP contribution in [0.2, 0.25) is 5.02 Å². The number of hydrogen-bond donors (Lipinski definition) is 1. The summed E-state index contributed by atoms with van der Waals surface area (Å²) in [5.74, 6) is -0.906. The molecule has 2 atom stereocenters. The maximum Gasteiger partial charge on any atom is 0.396 e. The van der Waals surface area contributed by atoms with Crippen LogP contribution in [0.4, 0.5) is 0 Å². The van der Waals surface area contributed by atoms with E-state index in [0.717, 1.165) is 44.1 Å². The van der Waals surface area contributed by atoms with Crippen LogP contribution in [0, 0.1) is 0 Å². The van der Waals surface area contributed by atoms with Crippen molar-refractivity contribution < 1.29 is 23.5 Å². The molecule has 7 heteroatoms. The second kappa shape index (κ2) is 24.1. The number of benzene rings is 1. The Morgan fingerprint density at radius 1 is 0.838 bits per heavy atom. The Bertz CT molecular complexity index is 698. The van der Waals surface area contributed by atoms with Crippen molar-refractivity contribution in [2.24, 2.45) is 0 Å². The van der Waals surface area contributed by atoms with Crippen LogP contribution in [0.1, 0.15) is 122 Å². The summed E-state index contributed by atoms with van der Waals surface area (Å²) in [6, 6.07) is 7.26. The first kappa shape index (κ1) is 34.1. The summed E-state index contributed by atoms with van der Waals surface area (Å²) in [6.07, 6.45) is 22.0. The summed E-state index contributed by atoms with van der Waals surface area (Å²) in [6.45, 7) is 5.58. The molecule has 0 radical (unpaired) electrons. The lowest BCUT2D eigenvalue weighted by molar-refractivity contribution is -0.137. The summed E-state index contributed by atoms with van der Waals surface area (Å²) < 4.78 is 15.9. The first-order valence-electron chi connectivity index (χ1n) is 14.4. The van der Waals surface area contributed by atoms with E-state index < -0.39 is 20.5 Å². The van der Waals surface area contributed by atoms with Gasteiger partial charge in [-0.05, 0) is 56.2 Å². The van der Waals surface area contributed by atoms with Crippen molar-refractivity contribution in [3.63, 3.8) is 0 Å². The molecule has 0 heterocycles. The van der Waals surface area contributed by atoms with E-state index in [9.17, 15) is 9.69 Å². The Balaban J connectivity index is 2.31. The van der Waals surface area contributed by atoms with Gasteiger partial charge in [0.2, 0.25) is 0 Å². The Morgan fingerprint density at radius 3 is 2.08 bits per heavy atom. The number of hydrogen-bond acceptors (Lipinski definition) is 5. The van der Waals surface area contributed by atoms with E-state index >= 15 is 0 Å². The molecule has 0 bridgehead atoms. The van der Waals surface area contributed by atoms with E-state index in [4.69, 9.17) is 25.4 Å². The van der Waals surface area contributed by atoms with Crippen molar-refractivity contribution in [1.82, 2.24) is 0 Å². The van der Waals surface area contributed by atoms with Crippen LogP contribution in [-0.2, 0) is 18.6 Å². The van der Waals surface area contributed by atoms with Crippen LogP contribution in [0.3, 0.4) is 0 Å². The lowest BCUT2D eigenvalue weighted by Crippen LogP contribution is -2.15. The quantitative estimate of drug-likeness (QED) is 0.0779. The van der Waals surface area contributed by atoms with Crippen LogP contribution in [0.25, 0.3) is 0 Å². The van der Waals surface area contributed by atoms with Crippen molar-refractivity contribution in [2.45, 2.75) is 116 Å². The minimum Gasteiger partial charge on any atom is -0.394 e. The van der Waals surface area contributed by atoms with Gasteiger partial charge in [-0.2, -0.15) is 0 Å². The largest absolute Gasteiger partial charge is 0.396 e. The highest BCUT2D eigenvalue weighted by atomic mass is 35.5. The lowest BCUT2D eigenvalue weighted by atomic mass is 9.93. The zero-order valence-electron chi connectivity index (χ0n) is 23.2. The van der Waals surface area contributed by atoms with Crippen LogP contribution in [-0.4, -0.2) is 30.7 Å². The Hall–Kier alpha value is -0.970. The molecule has 212 valence electrons. The minimum absolute atomic E-state index is 0.193. The normalized spacial score (nSPS) is 13.2. The van der Waals surface area contributed by atoms with Gasteiger partial charge >= 0.3 is 14.6 Å². The monoisotopic (exact) mass is 556 g/mol. The maximum atomic E-state index is 12.9. The minimum atomic E-state index is -2.27. The molecule has 0 saturated carbocycles. The van der Waals surface area contributed by atoms with E-state index in [2.05, 4.69) is 26.0 Å². The fourth-order valence-electron chi connectivity index (χ4n) is 4.05. The molecule has 0 amide bonds. The molecule has 0 spiro atoms. The lowest BCUT2D eigenvalue weighted by Gasteiger charge is -2.18. The zero-order valence-corrected chi connectivity index (χ0v) is 24.8. The molecule has 1 aromatic carbocycles. The van der Waals surface area contributed by atoms with Gasteiger partial charge in [0.05, 0.1) is 19.1 Å². The Labute approximate surface area is 232 Å². The third-order valence-corrected chi connectivity index (χ3v) is 7.29. The summed E-state index contributed by atoms with van der Waals surface area (Å²) in [7, 11) is -2.27. The molecule has 0 fully saturated rings. The van der Waals surface area contributed by atoms with Gasteiger partial charge in [0.15, 0.2) is 0 Å². The third-order valence-electron chi connectivity index (χ3n) is 6.30. The fourth-order valence-corrected chi connectivity index (χ4v) is 4.74. The zero-order chi connectivity index (χ0) is 27.0. The Kier molecular flexibility index (Phi) is 22.2. The molecule has 0 saturated heterocycles. The van der Waals surface area contributed by atoms with E-state index in [1.54, 1.807) is 12.1 Å². The number of carbonyl (C=O) groups excluding carboxylic acids is 1. The average molecular weight is 557 g/mol. The van der Waals surface area contributed by atoms with E-state index in [1.165, 1.54) is 51.4 Å².